The standard InChI is InChI=1S/C23H36N2O4S/c1-6-8-9-10-20-11-12-23-21(14-20)29-22(16-24(5)13-7-2)18(3)15-25(19(4)17-26)30(23,27)28/h11-12,14,18-19,22,26H,6-8,13,15-17H2,1-5H3/t18-,19+,22+/m1/s1. The summed E-state index contributed by atoms with van der Waals surface area (Å²) in [6.07, 6.45) is 2.62. The summed E-state index contributed by atoms with van der Waals surface area (Å²) >= 11 is 0. The Kier molecular flexibility index (Phi) is 9.17. The van der Waals surface area contributed by atoms with Crippen LogP contribution in [0.5, 0.6) is 5.75 Å². The zero-order valence-corrected chi connectivity index (χ0v) is 19.7. The van der Waals surface area contributed by atoms with E-state index < -0.39 is 16.1 Å². The van der Waals surface area contributed by atoms with E-state index >= 15 is 0 Å². The van der Waals surface area contributed by atoms with Gasteiger partial charge in [-0.25, -0.2) is 8.42 Å². The van der Waals surface area contributed by atoms with Gasteiger partial charge in [-0.1, -0.05) is 32.6 Å². The molecule has 2 rings (SSSR count). The summed E-state index contributed by atoms with van der Waals surface area (Å²) in [6.45, 7) is 9.64. The lowest BCUT2D eigenvalue weighted by atomic mass is 10.0. The van der Waals surface area contributed by atoms with E-state index in [1.165, 1.54) is 4.31 Å². The molecule has 6 nitrogen and oxygen atoms in total. The van der Waals surface area contributed by atoms with E-state index in [2.05, 4.69) is 37.6 Å². The Morgan fingerprint density at radius 3 is 2.70 bits per heavy atom. The predicted molar refractivity (Wildman–Crippen MR) is 120 cm³/mol. The Morgan fingerprint density at radius 1 is 1.33 bits per heavy atom. The van der Waals surface area contributed by atoms with Crippen LogP contribution < -0.4 is 4.74 Å². The second-order valence-corrected chi connectivity index (χ2v) is 10.1. The van der Waals surface area contributed by atoms with Crippen molar-refractivity contribution in [1.82, 2.24) is 9.21 Å². The zero-order chi connectivity index (χ0) is 22.3. The van der Waals surface area contributed by atoms with Gasteiger partial charge in [-0.2, -0.15) is 4.31 Å². The molecular weight excluding hydrogens is 400 g/mol. The number of unbranched alkanes of at least 4 members (excludes halogenated alkanes) is 1. The van der Waals surface area contributed by atoms with Crippen LogP contribution in [0.25, 0.3) is 0 Å². The van der Waals surface area contributed by atoms with Gasteiger partial charge in [-0.15, -0.1) is 0 Å². The lowest BCUT2D eigenvalue weighted by Gasteiger charge is -2.37. The second kappa shape index (κ2) is 11.1. The summed E-state index contributed by atoms with van der Waals surface area (Å²) in [5.41, 5.74) is 0.744. The number of benzene rings is 1. The Bertz CT molecular complexity index is 860. The van der Waals surface area contributed by atoms with E-state index in [-0.39, 0.29) is 23.5 Å². The molecule has 7 heteroatoms. The first-order chi connectivity index (χ1) is 14.2. The fraction of sp³-hybridized carbons (Fsp3) is 0.652. The van der Waals surface area contributed by atoms with Gasteiger partial charge in [0, 0.05) is 37.0 Å². The quantitative estimate of drug-likeness (QED) is 0.666. The van der Waals surface area contributed by atoms with Gasteiger partial charge in [0.1, 0.15) is 16.7 Å². The van der Waals surface area contributed by atoms with Gasteiger partial charge in [-0.3, -0.25) is 0 Å². The molecule has 0 unspecified atom stereocenters. The van der Waals surface area contributed by atoms with Crippen molar-refractivity contribution in [2.75, 3.05) is 33.3 Å². The van der Waals surface area contributed by atoms with Crippen LogP contribution in [0.15, 0.2) is 23.1 Å². The van der Waals surface area contributed by atoms with Crippen LogP contribution in [-0.4, -0.2) is 68.2 Å². The van der Waals surface area contributed by atoms with Gasteiger partial charge < -0.3 is 14.7 Å². The van der Waals surface area contributed by atoms with Crippen LogP contribution >= 0.6 is 0 Å². The first kappa shape index (κ1) is 24.7. The Hall–Kier alpha value is -1.59. The van der Waals surface area contributed by atoms with E-state index in [4.69, 9.17) is 4.74 Å². The third kappa shape index (κ3) is 5.98. The van der Waals surface area contributed by atoms with E-state index in [1.807, 2.05) is 6.92 Å². The van der Waals surface area contributed by atoms with Crippen LogP contribution in [0.1, 0.15) is 52.5 Å². The maximum absolute atomic E-state index is 13.4. The molecule has 30 heavy (non-hydrogen) atoms. The highest BCUT2D eigenvalue weighted by Gasteiger charge is 2.38. The first-order valence-electron chi connectivity index (χ1n) is 10.8. The van der Waals surface area contributed by atoms with Gasteiger partial charge >= 0.3 is 0 Å². The fourth-order valence-corrected chi connectivity index (χ4v) is 5.42. The normalized spacial score (nSPS) is 22.2. The maximum atomic E-state index is 13.4. The second-order valence-electron chi connectivity index (χ2n) is 8.22. The molecule has 0 spiro atoms. The van der Waals surface area contributed by atoms with Crippen molar-refractivity contribution in [2.24, 2.45) is 5.92 Å². The average Bonchev–Trinajstić information content (AvgIpc) is 2.70. The monoisotopic (exact) mass is 436 g/mol. The summed E-state index contributed by atoms with van der Waals surface area (Å²) in [4.78, 5) is 2.35. The minimum absolute atomic E-state index is 0.0453. The van der Waals surface area contributed by atoms with Gasteiger partial charge in [0.05, 0.1) is 6.61 Å². The van der Waals surface area contributed by atoms with Gasteiger partial charge in [0.15, 0.2) is 0 Å². The number of ether oxygens (including phenoxy) is 1. The van der Waals surface area contributed by atoms with Crippen LogP contribution in [0.2, 0.25) is 0 Å². The van der Waals surface area contributed by atoms with Crippen molar-refractivity contribution >= 4 is 10.0 Å². The number of hydrogen-bond donors (Lipinski definition) is 1. The van der Waals surface area contributed by atoms with Crippen molar-refractivity contribution in [1.29, 1.82) is 0 Å². The number of hydrogen-bond acceptors (Lipinski definition) is 5. The fourth-order valence-electron chi connectivity index (χ4n) is 3.59. The molecule has 3 atom stereocenters. The third-order valence-electron chi connectivity index (χ3n) is 5.37. The van der Waals surface area contributed by atoms with Crippen LogP contribution in [0.4, 0.5) is 0 Å². The molecule has 0 saturated carbocycles. The lowest BCUT2D eigenvalue weighted by Crippen LogP contribution is -2.49. The molecule has 1 aromatic carbocycles. The molecule has 0 aromatic heterocycles. The van der Waals surface area contributed by atoms with Crippen molar-refractivity contribution in [2.45, 2.75) is 64.0 Å². The highest BCUT2D eigenvalue weighted by Crippen LogP contribution is 2.34. The van der Waals surface area contributed by atoms with Crippen molar-refractivity contribution in [3.8, 4) is 17.6 Å². The Morgan fingerprint density at radius 2 is 2.07 bits per heavy atom. The summed E-state index contributed by atoms with van der Waals surface area (Å²) in [5.74, 6) is 6.50. The molecule has 0 radical (unpaired) electrons. The molecule has 0 amide bonds. The molecule has 1 aliphatic rings. The van der Waals surface area contributed by atoms with Crippen molar-refractivity contribution < 1.29 is 18.3 Å². The van der Waals surface area contributed by atoms with Crippen LogP contribution in [0.3, 0.4) is 0 Å². The number of aliphatic hydroxyl groups is 1. The van der Waals surface area contributed by atoms with Gasteiger partial charge in [0.25, 0.3) is 0 Å². The number of aliphatic hydroxyl groups excluding tert-OH is 1. The van der Waals surface area contributed by atoms with E-state index in [0.717, 1.165) is 31.4 Å². The highest BCUT2D eigenvalue weighted by atomic mass is 32.2. The van der Waals surface area contributed by atoms with Gasteiger partial charge in [0.2, 0.25) is 10.0 Å². The molecule has 0 fully saturated rings. The van der Waals surface area contributed by atoms with Crippen molar-refractivity contribution in [3.63, 3.8) is 0 Å². The van der Waals surface area contributed by atoms with Crippen LogP contribution in [0, 0.1) is 17.8 Å². The minimum Gasteiger partial charge on any atom is -0.487 e. The molecule has 0 bridgehead atoms. The number of sulfonamides is 1. The van der Waals surface area contributed by atoms with E-state index in [1.54, 1.807) is 25.1 Å². The Labute approximate surface area is 182 Å². The molecule has 0 saturated heterocycles. The highest BCUT2D eigenvalue weighted by molar-refractivity contribution is 7.89. The maximum Gasteiger partial charge on any atom is 0.247 e. The summed E-state index contributed by atoms with van der Waals surface area (Å²) in [7, 11) is -1.75. The minimum atomic E-state index is -3.80. The molecular formula is C23H36N2O4S. The largest absolute Gasteiger partial charge is 0.487 e. The molecule has 1 N–H and O–H groups in total. The lowest BCUT2D eigenvalue weighted by molar-refractivity contribution is 0.0752. The predicted octanol–water partition coefficient (Wildman–Crippen LogP) is 2.95. The summed E-state index contributed by atoms with van der Waals surface area (Å²) in [5, 5.41) is 9.70. The SMILES string of the molecule is CCCC#Cc1ccc2c(c1)O[C@@H](CN(C)CCC)[C@H](C)CN([C@@H](C)CO)S2(=O)=O. The number of likely N-dealkylation sites (N-methyl/N-ethyl adjacent to an activating group) is 1. The number of rotatable bonds is 7. The topological polar surface area (TPSA) is 70.1 Å². The van der Waals surface area contributed by atoms with E-state index in [9.17, 15) is 13.5 Å². The van der Waals surface area contributed by atoms with Crippen molar-refractivity contribution in [3.05, 3.63) is 23.8 Å². The summed E-state index contributed by atoms with van der Waals surface area (Å²) < 4.78 is 34.6. The smallest absolute Gasteiger partial charge is 0.247 e. The van der Waals surface area contributed by atoms with E-state index in [0.29, 0.717) is 18.8 Å². The average molecular weight is 437 g/mol. The molecule has 1 heterocycles. The molecule has 0 aliphatic carbocycles. The molecule has 1 aromatic rings. The number of fused-ring (bicyclic) bond motifs is 1. The zero-order valence-electron chi connectivity index (χ0n) is 18.9. The molecule has 168 valence electrons. The van der Waals surface area contributed by atoms with Gasteiger partial charge in [-0.05, 0) is 51.6 Å². The Balaban J connectivity index is 2.53. The van der Waals surface area contributed by atoms with Crippen LogP contribution in [-0.2, 0) is 10.0 Å². The first-order valence-corrected chi connectivity index (χ1v) is 12.3. The number of nitrogens with zero attached hydrogens (tertiary/aromatic N) is 2. The third-order valence-corrected chi connectivity index (χ3v) is 7.39. The summed E-state index contributed by atoms with van der Waals surface area (Å²) in [6, 6.07) is 4.54. The molecule has 1 aliphatic heterocycles.